The summed E-state index contributed by atoms with van der Waals surface area (Å²) in [6.45, 7) is 4.05. The molecule has 0 unspecified atom stereocenters. The Hall–Kier alpha value is -2.13. The Morgan fingerprint density at radius 1 is 0.920 bits per heavy atom. The zero-order chi connectivity index (χ0) is 17.5. The monoisotopic (exact) mass is 337 g/mol. The number of hydrogen-bond acceptors (Lipinski definition) is 3. The minimum Gasteiger partial charge on any atom is -0.458 e. The van der Waals surface area contributed by atoms with Gasteiger partial charge < -0.3 is 4.74 Å². The summed E-state index contributed by atoms with van der Waals surface area (Å²) < 4.78 is 5.71. The van der Waals surface area contributed by atoms with Crippen LogP contribution in [0.2, 0.25) is 0 Å². The molecule has 0 aromatic heterocycles. The number of likely N-dealkylation sites (tertiary alicyclic amines) is 1. The molecule has 0 N–H and O–H groups in total. The summed E-state index contributed by atoms with van der Waals surface area (Å²) in [6.07, 6.45) is 3.89. The summed E-state index contributed by atoms with van der Waals surface area (Å²) in [5, 5.41) is 0. The molecule has 2 atom stereocenters. The average molecular weight is 337 g/mol. The van der Waals surface area contributed by atoms with Gasteiger partial charge in [-0.05, 0) is 44.0 Å². The lowest BCUT2D eigenvalue weighted by Crippen LogP contribution is -2.35. The van der Waals surface area contributed by atoms with Crippen molar-refractivity contribution in [2.24, 2.45) is 0 Å². The first-order valence-corrected chi connectivity index (χ1v) is 9.27. The highest BCUT2D eigenvalue weighted by molar-refractivity contribution is 5.70. The zero-order valence-electron chi connectivity index (χ0n) is 14.9. The maximum Gasteiger partial charge on any atom is 0.308 e. The summed E-state index contributed by atoms with van der Waals surface area (Å²) in [4.78, 5) is 15.0. The van der Waals surface area contributed by atoms with Crippen molar-refractivity contribution in [3.8, 4) is 0 Å². The van der Waals surface area contributed by atoms with Crippen molar-refractivity contribution >= 4 is 5.97 Å². The first-order chi connectivity index (χ1) is 12.2. The minimum atomic E-state index is -0.216. The van der Waals surface area contributed by atoms with Crippen molar-refractivity contribution in [1.82, 2.24) is 4.90 Å². The number of piperidine rings is 1. The van der Waals surface area contributed by atoms with Crippen molar-refractivity contribution in [2.75, 3.05) is 13.1 Å². The standard InChI is InChI=1S/C22H27NO2/c1-18(19-11-5-2-6-12-19)25-22(24)17-21(20-13-7-3-8-14-20)23-15-9-4-10-16-23/h2-3,5-8,11-14,18,21H,4,9-10,15-17H2,1H3/t18-,21-/m1/s1. The van der Waals surface area contributed by atoms with Gasteiger partial charge in [0.1, 0.15) is 6.10 Å². The van der Waals surface area contributed by atoms with Crippen molar-refractivity contribution in [3.05, 3.63) is 71.8 Å². The van der Waals surface area contributed by atoms with Gasteiger partial charge in [-0.2, -0.15) is 0 Å². The summed E-state index contributed by atoms with van der Waals surface area (Å²) in [5.41, 5.74) is 2.23. The quantitative estimate of drug-likeness (QED) is 0.702. The second kappa shape index (κ2) is 8.82. The first-order valence-electron chi connectivity index (χ1n) is 9.27. The van der Waals surface area contributed by atoms with Crippen molar-refractivity contribution < 1.29 is 9.53 Å². The molecule has 0 radical (unpaired) electrons. The minimum absolute atomic E-state index is 0.108. The fourth-order valence-corrected chi connectivity index (χ4v) is 3.56. The van der Waals surface area contributed by atoms with Crippen LogP contribution in [0.4, 0.5) is 0 Å². The van der Waals surface area contributed by atoms with Crippen LogP contribution in [0, 0.1) is 0 Å². The second-order valence-electron chi connectivity index (χ2n) is 6.77. The summed E-state index contributed by atoms with van der Waals surface area (Å²) in [5.74, 6) is -0.129. The molecule has 3 heteroatoms. The van der Waals surface area contributed by atoms with Gasteiger partial charge in [-0.3, -0.25) is 9.69 Å². The Kier molecular flexibility index (Phi) is 6.24. The molecule has 1 fully saturated rings. The molecule has 0 saturated carbocycles. The van der Waals surface area contributed by atoms with E-state index in [1.54, 1.807) is 0 Å². The number of esters is 1. The van der Waals surface area contributed by atoms with Crippen molar-refractivity contribution in [3.63, 3.8) is 0 Å². The highest BCUT2D eigenvalue weighted by Gasteiger charge is 2.26. The molecule has 1 aliphatic heterocycles. The van der Waals surface area contributed by atoms with Crippen LogP contribution in [0.25, 0.3) is 0 Å². The molecule has 3 nitrogen and oxygen atoms in total. The topological polar surface area (TPSA) is 29.5 Å². The third kappa shape index (κ3) is 4.93. The highest BCUT2D eigenvalue weighted by Crippen LogP contribution is 2.29. The van der Waals surface area contributed by atoms with E-state index in [1.165, 1.54) is 24.8 Å². The van der Waals surface area contributed by atoms with Gasteiger partial charge in [-0.25, -0.2) is 0 Å². The van der Waals surface area contributed by atoms with E-state index in [1.807, 2.05) is 55.5 Å². The molecule has 0 bridgehead atoms. The van der Waals surface area contributed by atoms with E-state index in [0.717, 1.165) is 18.7 Å². The van der Waals surface area contributed by atoms with Crippen LogP contribution in [-0.2, 0) is 9.53 Å². The lowest BCUT2D eigenvalue weighted by molar-refractivity contribution is -0.150. The van der Waals surface area contributed by atoms with Gasteiger partial charge in [-0.1, -0.05) is 67.1 Å². The molecular formula is C22H27NO2. The Labute approximate surface area is 150 Å². The molecule has 1 aliphatic rings. The average Bonchev–Trinajstić information content (AvgIpc) is 2.68. The van der Waals surface area contributed by atoms with E-state index in [0.29, 0.717) is 6.42 Å². The SMILES string of the molecule is C[C@@H](OC(=O)C[C@H](c1ccccc1)N1CCCCC1)c1ccccc1. The third-order valence-corrected chi connectivity index (χ3v) is 4.95. The van der Waals surface area contributed by atoms with Gasteiger partial charge in [0.15, 0.2) is 0 Å². The van der Waals surface area contributed by atoms with Gasteiger partial charge in [0, 0.05) is 6.04 Å². The molecule has 1 heterocycles. The molecule has 25 heavy (non-hydrogen) atoms. The normalized spacial score (nSPS) is 17.6. The molecule has 3 rings (SSSR count). The van der Waals surface area contributed by atoms with E-state index in [2.05, 4.69) is 17.0 Å². The van der Waals surface area contributed by atoms with Crippen LogP contribution in [0.1, 0.15) is 55.9 Å². The Balaban J connectivity index is 1.68. The molecular weight excluding hydrogens is 310 g/mol. The van der Waals surface area contributed by atoms with E-state index in [4.69, 9.17) is 4.74 Å². The second-order valence-corrected chi connectivity index (χ2v) is 6.77. The van der Waals surface area contributed by atoms with Gasteiger partial charge in [0.2, 0.25) is 0 Å². The number of carbonyl (C=O) groups is 1. The fourth-order valence-electron chi connectivity index (χ4n) is 3.56. The first kappa shape index (κ1) is 17.7. The summed E-state index contributed by atoms with van der Waals surface area (Å²) >= 11 is 0. The third-order valence-electron chi connectivity index (χ3n) is 4.95. The van der Waals surface area contributed by atoms with Crippen LogP contribution in [0.15, 0.2) is 60.7 Å². The van der Waals surface area contributed by atoms with E-state index >= 15 is 0 Å². The van der Waals surface area contributed by atoms with E-state index in [-0.39, 0.29) is 18.1 Å². The van der Waals surface area contributed by atoms with E-state index < -0.39 is 0 Å². The van der Waals surface area contributed by atoms with Crippen molar-refractivity contribution in [2.45, 2.75) is 44.8 Å². The molecule has 132 valence electrons. The Morgan fingerprint density at radius 2 is 1.48 bits per heavy atom. The predicted molar refractivity (Wildman–Crippen MR) is 100 cm³/mol. The van der Waals surface area contributed by atoms with Crippen LogP contribution in [0.3, 0.4) is 0 Å². The maximum absolute atomic E-state index is 12.6. The number of rotatable bonds is 6. The number of benzene rings is 2. The molecule has 0 aliphatic carbocycles. The zero-order valence-corrected chi connectivity index (χ0v) is 14.9. The van der Waals surface area contributed by atoms with Gasteiger partial charge in [0.05, 0.1) is 6.42 Å². The smallest absolute Gasteiger partial charge is 0.308 e. The summed E-state index contributed by atoms with van der Waals surface area (Å²) in [6, 6.07) is 20.4. The largest absolute Gasteiger partial charge is 0.458 e. The fraction of sp³-hybridized carbons (Fsp3) is 0.409. The number of nitrogens with zero attached hydrogens (tertiary/aromatic N) is 1. The molecule has 0 amide bonds. The lowest BCUT2D eigenvalue weighted by atomic mass is 9.99. The van der Waals surface area contributed by atoms with Crippen LogP contribution in [0.5, 0.6) is 0 Å². The molecule has 0 spiro atoms. The molecule has 1 saturated heterocycles. The van der Waals surface area contributed by atoms with Crippen molar-refractivity contribution in [1.29, 1.82) is 0 Å². The highest BCUT2D eigenvalue weighted by atomic mass is 16.5. The van der Waals surface area contributed by atoms with Gasteiger partial charge in [0.25, 0.3) is 0 Å². The molecule has 2 aromatic rings. The maximum atomic E-state index is 12.6. The predicted octanol–water partition coefficient (Wildman–Crippen LogP) is 4.91. The lowest BCUT2D eigenvalue weighted by Gasteiger charge is -2.34. The van der Waals surface area contributed by atoms with Gasteiger partial charge >= 0.3 is 5.97 Å². The summed E-state index contributed by atoms with van der Waals surface area (Å²) in [7, 11) is 0. The van der Waals surface area contributed by atoms with Gasteiger partial charge in [-0.15, -0.1) is 0 Å². The number of ether oxygens (including phenoxy) is 1. The van der Waals surface area contributed by atoms with Crippen LogP contribution < -0.4 is 0 Å². The van der Waals surface area contributed by atoms with E-state index in [9.17, 15) is 4.79 Å². The van der Waals surface area contributed by atoms with Crippen LogP contribution in [-0.4, -0.2) is 24.0 Å². The number of carbonyl (C=O) groups excluding carboxylic acids is 1. The van der Waals surface area contributed by atoms with Crippen LogP contribution >= 0.6 is 0 Å². The Bertz CT molecular complexity index is 650. The molecule has 2 aromatic carbocycles. The number of hydrogen-bond donors (Lipinski definition) is 0. The Morgan fingerprint density at radius 3 is 2.08 bits per heavy atom.